The van der Waals surface area contributed by atoms with Crippen LogP contribution in [-0.4, -0.2) is 67.4 Å². The summed E-state index contributed by atoms with van der Waals surface area (Å²) < 4.78 is 18.9. The van der Waals surface area contributed by atoms with Crippen molar-refractivity contribution in [3.05, 3.63) is 70.5 Å². The van der Waals surface area contributed by atoms with Gasteiger partial charge in [0.1, 0.15) is 5.82 Å². The maximum atomic E-state index is 14.2. The first kappa shape index (κ1) is 26.1. The zero-order valence-electron chi connectivity index (χ0n) is 20.3. The average molecular weight is 516 g/mol. The number of halogens is 2. The molecule has 2 unspecified atom stereocenters. The molecule has 2 aromatic rings. The molecular formula is C27H31ClFN3O4. The van der Waals surface area contributed by atoms with Gasteiger partial charge in [0.05, 0.1) is 30.2 Å². The Kier molecular flexibility index (Phi) is 8.59. The molecule has 2 aromatic carbocycles. The van der Waals surface area contributed by atoms with E-state index in [9.17, 15) is 18.8 Å². The van der Waals surface area contributed by atoms with E-state index in [1.807, 2.05) is 30.3 Å². The van der Waals surface area contributed by atoms with Crippen molar-refractivity contribution in [3.8, 4) is 0 Å². The summed E-state index contributed by atoms with van der Waals surface area (Å²) in [5, 5.41) is 3.20. The SMILES string of the molecule is COC(=O)CCC(=O)NC(CCN1CC2CN(C(=O)c3c(F)cccc3Cl)C[C@@H]2C1)c1ccccc1. The maximum absolute atomic E-state index is 14.2. The molecule has 0 saturated carbocycles. The van der Waals surface area contributed by atoms with Gasteiger partial charge in [-0.05, 0) is 36.0 Å². The molecule has 7 nitrogen and oxygen atoms in total. The Bertz CT molecular complexity index is 1070. The Morgan fingerprint density at radius 2 is 1.72 bits per heavy atom. The number of likely N-dealkylation sites (tertiary alicyclic amines) is 2. The zero-order chi connectivity index (χ0) is 25.7. The van der Waals surface area contributed by atoms with Gasteiger partial charge < -0.3 is 19.9 Å². The van der Waals surface area contributed by atoms with Crippen LogP contribution in [0, 0.1) is 17.7 Å². The molecule has 2 fully saturated rings. The summed E-state index contributed by atoms with van der Waals surface area (Å²) >= 11 is 6.10. The molecule has 2 amide bonds. The van der Waals surface area contributed by atoms with Gasteiger partial charge in [-0.15, -0.1) is 0 Å². The number of carbonyl (C=O) groups excluding carboxylic acids is 3. The van der Waals surface area contributed by atoms with Crippen LogP contribution in [0.4, 0.5) is 4.39 Å². The lowest BCUT2D eigenvalue weighted by Crippen LogP contribution is -2.35. The minimum absolute atomic E-state index is 0.0483. The van der Waals surface area contributed by atoms with Crippen LogP contribution in [0.2, 0.25) is 5.02 Å². The van der Waals surface area contributed by atoms with Gasteiger partial charge >= 0.3 is 5.97 Å². The van der Waals surface area contributed by atoms with Crippen molar-refractivity contribution >= 4 is 29.4 Å². The lowest BCUT2D eigenvalue weighted by Gasteiger charge is -2.25. The summed E-state index contributed by atoms with van der Waals surface area (Å²) in [6.45, 7) is 3.64. The minimum atomic E-state index is -0.591. The fourth-order valence-corrected chi connectivity index (χ4v) is 5.45. The van der Waals surface area contributed by atoms with Crippen LogP contribution in [0.15, 0.2) is 48.5 Å². The first-order valence-electron chi connectivity index (χ1n) is 12.2. The Labute approximate surface area is 215 Å². The van der Waals surface area contributed by atoms with E-state index >= 15 is 0 Å². The van der Waals surface area contributed by atoms with Gasteiger partial charge in [-0.2, -0.15) is 0 Å². The van der Waals surface area contributed by atoms with E-state index in [0.29, 0.717) is 24.9 Å². The molecule has 4 rings (SSSR count). The molecule has 0 radical (unpaired) electrons. The average Bonchev–Trinajstić information content (AvgIpc) is 3.44. The van der Waals surface area contributed by atoms with E-state index in [1.54, 1.807) is 4.90 Å². The lowest BCUT2D eigenvalue weighted by atomic mass is 10.0. The predicted molar refractivity (Wildman–Crippen MR) is 134 cm³/mol. The van der Waals surface area contributed by atoms with Crippen molar-refractivity contribution in [2.45, 2.75) is 25.3 Å². The monoisotopic (exact) mass is 515 g/mol. The molecule has 2 aliphatic rings. The van der Waals surface area contributed by atoms with Crippen molar-refractivity contribution in [1.29, 1.82) is 0 Å². The molecule has 1 N–H and O–H groups in total. The first-order valence-corrected chi connectivity index (χ1v) is 12.6. The van der Waals surface area contributed by atoms with Crippen LogP contribution in [-0.2, 0) is 14.3 Å². The van der Waals surface area contributed by atoms with Gasteiger partial charge in [-0.25, -0.2) is 4.39 Å². The summed E-state index contributed by atoms with van der Waals surface area (Å²) in [6, 6.07) is 13.9. The van der Waals surface area contributed by atoms with Gasteiger partial charge in [-0.3, -0.25) is 14.4 Å². The molecule has 0 spiro atoms. The largest absolute Gasteiger partial charge is 0.469 e. The molecule has 2 heterocycles. The van der Waals surface area contributed by atoms with E-state index in [1.165, 1.54) is 25.3 Å². The minimum Gasteiger partial charge on any atom is -0.469 e. The number of amides is 2. The molecule has 9 heteroatoms. The standard InChI is InChI=1S/C27H31ClFN3O4/c1-36-25(34)11-10-24(33)30-23(18-6-3-2-4-7-18)12-13-31-14-19-16-32(17-20(19)15-31)27(35)26-21(28)8-5-9-22(26)29/h2-9,19-20,23H,10-17H2,1H3,(H,30,33)/t19-,20?,23?/m0/s1. The van der Waals surface area contributed by atoms with Gasteiger partial charge in [-0.1, -0.05) is 48.0 Å². The highest BCUT2D eigenvalue weighted by atomic mass is 35.5. The van der Waals surface area contributed by atoms with E-state index in [0.717, 1.165) is 31.6 Å². The molecule has 0 aliphatic carbocycles. The summed E-state index contributed by atoms with van der Waals surface area (Å²) in [5.41, 5.74) is 0.964. The maximum Gasteiger partial charge on any atom is 0.306 e. The second-order valence-corrected chi connectivity index (χ2v) is 9.89. The quantitative estimate of drug-likeness (QED) is 0.515. The lowest BCUT2D eigenvalue weighted by molar-refractivity contribution is -0.142. The number of benzene rings is 2. The number of hydrogen-bond donors (Lipinski definition) is 1. The highest BCUT2D eigenvalue weighted by molar-refractivity contribution is 6.33. The third-order valence-corrected chi connectivity index (χ3v) is 7.40. The number of hydrogen-bond acceptors (Lipinski definition) is 5. The number of methoxy groups -OCH3 is 1. The second kappa shape index (κ2) is 11.8. The Morgan fingerprint density at radius 1 is 1.03 bits per heavy atom. The van der Waals surface area contributed by atoms with Gasteiger partial charge in [0.25, 0.3) is 5.91 Å². The molecule has 0 bridgehead atoms. The topological polar surface area (TPSA) is 79.0 Å². The number of nitrogens with zero attached hydrogens (tertiary/aromatic N) is 2. The van der Waals surface area contributed by atoms with E-state index in [-0.39, 0.29) is 41.3 Å². The van der Waals surface area contributed by atoms with Crippen LogP contribution in [0.5, 0.6) is 0 Å². The van der Waals surface area contributed by atoms with Crippen LogP contribution >= 0.6 is 11.6 Å². The van der Waals surface area contributed by atoms with Gasteiger partial charge in [0.15, 0.2) is 0 Å². The van der Waals surface area contributed by atoms with Crippen molar-refractivity contribution in [3.63, 3.8) is 0 Å². The number of ether oxygens (including phenoxy) is 1. The van der Waals surface area contributed by atoms with Crippen molar-refractivity contribution in [2.75, 3.05) is 39.8 Å². The Hall–Kier alpha value is -2.97. The highest BCUT2D eigenvalue weighted by Gasteiger charge is 2.42. The molecule has 3 atom stereocenters. The number of fused-ring (bicyclic) bond motifs is 1. The van der Waals surface area contributed by atoms with Crippen LogP contribution in [0.1, 0.15) is 41.2 Å². The third kappa shape index (κ3) is 6.23. The van der Waals surface area contributed by atoms with Gasteiger partial charge in [0.2, 0.25) is 5.91 Å². The first-order chi connectivity index (χ1) is 17.4. The highest BCUT2D eigenvalue weighted by Crippen LogP contribution is 2.33. The van der Waals surface area contributed by atoms with Crippen molar-refractivity contribution in [2.24, 2.45) is 11.8 Å². The van der Waals surface area contributed by atoms with E-state index < -0.39 is 11.8 Å². The molecule has 192 valence electrons. The molecule has 2 aliphatic heterocycles. The molecule has 2 saturated heterocycles. The van der Waals surface area contributed by atoms with Crippen molar-refractivity contribution < 1.29 is 23.5 Å². The van der Waals surface area contributed by atoms with E-state index in [4.69, 9.17) is 11.6 Å². The molecular weight excluding hydrogens is 485 g/mol. The number of nitrogens with one attached hydrogen (secondary N) is 1. The van der Waals surface area contributed by atoms with Gasteiger partial charge in [0, 0.05) is 39.1 Å². The zero-order valence-corrected chi connectivity index (χ0v) is 21.0. The fourth-order valence-electron chi connectivity index (χ4n) is 5.20. The second-order valence-electron chi connectivity index (χ2n) is 9.48. The fraction of sp³-hybridized carbons (Fsp3) is 0.444. The normalized spacial score (nSPS) is 20.1. The summed E-state index contributed by atoms with van der Waals surface area (Å²) in [4.78, 5) is 40.8. The third-order valence-electron chi connectivity index (χ3n) is 7.08. The summed E-state index contributed by atoms with van der Waals surface area (Å²) in [6.07, 6.45) is 0.854. The Balaban J connectivity index is 1.31. The van der Waals surface area contributed by atoms with E-state index in [2.05, 4.69) is 15.0 Å². The van der Waals surface area contributed by atoms with Crippen LogP contribution < -0.4 is 5.32 Å². The number of carbonyl (C=O) groups is 3. The number of esters is 1. The summed E-state index contributed by atoms with van der Waals surface area (Å²) in [7, 11) is 1.31. The summed E-state index contributed by atoms with van der Waals surface area (Å²) in [5.74, 6) is -0.887. The molecule has 36 heavy (non-hydrogen) atoms. The predicted octanol–water partition coefficient (Wildman–Crippen LogP) is 3.68. The van der Waals surface area contributed by atoms with Crippen LogP contribution in [0.3, 0.4) is 0 Å². The van der Waals surface area contributed by atoms with Crippen molar-refractivity contribution in [1.82, 2.24) is 15.1 Å². The smallest absolute Gasteiger partial charge is 0.306 e. The molecule has 0 aromatic heterocycles. The number of rotatable bonds is 9. The van der Waals surface area contributed by atoms with Crippen LogP contribution in [0.25, 0.3) is 0 Å². The Morgan fingerprint density at radius 3 is 2.36 bits per heavy atom.